The summed E-state index contributed by atoms with van der Waals surface area (Å²) in [5.41, 5.74) is 2.33. The fourth-order valence-electron chi connectivity index (χ4n) is 2.78. The van der Waals surface area contributed by atoms with E-state index in [0.29, 0.717) is 23.9 Å². The lowest BCUT2D eigenvalue weighted by atomic mass is 10.2. The lowest BCUT2D eigenvalue weighted by molar-refractivity contribution is -0.384. The number of rotatable bonds is 5. The third-order valence-corrected chi connectivity index (χ3v) is 4.05. The number of nitro groups is 1. The molecule has 0 radical (unpaired) electrons. The molecule has 0 bridgehead atoms. The summed E-state index contributed by atoms with van der Waals surface area (Å²) in [6.07, 6.45) is 4.39. The van der Waals surface area contributed by atoms with Crippen molar-refractivity contribution >= 4 is 28.1 Å². The number of nitrogens with zero attached hydrogens (tertiary/aromatic N) is 4. The van der Waals surface area contributed by atoms with Gasteiger partial charge >= 0.3 is 0 Å². The quantitative estimate of drug-likeness (QED) is 0.422. The molecule has 1 aromatic carbocycles. The van der Waals surface area contributed by atoms with Gasteiger partial charge in [0.1, 0.15) is 5.65 Å². The lowest BCUT2D eigenvalue weighted by Crippen LogP contribution is -2.26. The van der Waals surface area contributed by atoms with Crippen molar-refractivity contribution in [2.45, 2.75) is 6.42 Å². The minimum Gasteiger partial charge on any atom is -0.350 e. The van der Waals surface area contributed by atoms with E-state index in [1.807, 2.05) is 35.0 Å². The molecule has 3 heterocycles. The summed E-state index contributed by atoms with van der Waals surface area (Å²) < 4.78 is 1.91. The van der Waals surface area contributed by atoms with Gasteiger partial charge in [-0.2, -0.15) is 5.10 Å². The third-order valence-electron chi connectivity index (χ3n) is 4.05. The second-order valence-electron chi connectivity index (χ2n) is 5.76. The fourth-order valence-corrected chi connectivity index (χ4v) is 2.78. The maximum atomic E-state index is 12.4. The predicted molar refractivity (Wildman–Crippen MR) is 94.0 cm³/mol. The van der Waals surface area contributed by atoms with Crippen molar-refractivity contribution in [2.75, 3.05) is 6.54 Å². The smallest absolute Gasteiger partial charge is 0.272 e. The van der Waals surface area contributed by atoms with Crippen LogP contribution in [0.25, 0.3) is 16.6 Å². The number of nitrogens with one attached hydrogen (secondary N) is 2. The van der Waals surface area contributed by atoms with E-state index < -0.39 is 4.92 Å². The average molecular weight is 350 g/mol. The van der Waals surface area contributed by atoms with E-state index in [-0.39, 0.29) is 17.3 Å². The molecule has 4 aromatic rings. The first-order valence-electron chi connectivity index (χ1n) is 7.95. The number of non-ortho nitro benzene ring substituents is 1. The molecule has 1 amide bonds. The number of amides is 1. The van der Waals surface area contributed by atoms with Gasteiger partial charge in [0.25, 0.3) is 11.6 Å². The van der Waals surface area contributed by atoms with Crippen molar-refractivity contribution in [1.29, 1.82) is 0 Å². The first-order valence-corrected chi connectivity index (χ1v) is 7.95. The molecule has 0 fully saturated rings. The number of imidazole rings is 1. The van der Waals surface area contributed by atoms with E-state index in [1.165, 1.54) is 18.2 Å². The van der Waals surface area contributed by atoms with Crippen LogP contribution >= 0.6 is 0 Å². The molecule has 3 aromatic heterocycles. The molecule has 130 valence electrons. The zero-order chi connectivity index (χ0) is 18.1. The zero-order valence-corrected chi connectivity index (χ0v) is 13.5. The maximum absolute atomic E-state index is 12.4. The van der Waals surface area contributed by atoms with Crippen molar-refractivity contribution in [2.24, 2.45) is 0 Å². The predicted octanol–water partition coefficient (Wildman–Crippen LogP) is 2.09. The normalized spacial score (nSPS) is 11.1. The standard InChI is InChI=1S/C17H14N6O3/c24-17(16-13-9-12(23(25)26)4-5-14(13)20-21-16)18-7-6-11-10-22-8-2-1-3-15(22)19-11/h1-5,8-10H,6-7H2,(H,18,24)(H,20,21). The highest BCUT2D eigenvalue weighted by Crippen LogP contribution is 2.22. The molecule has 0 aliphatic rings. The SMILES string of the molecule is O=C(NCCc1cn2ccccc2n1)c1n[nH]c2ccc([N+](=O)[O-])cc12. The number of aromatic nitrogens is 4. The number of carbonyl (C=O) groups is 1. The number of hydrogen-bond donors (Lipinski definition) is 2. The summed E-state index contributed by atoms with van der Waals surface area (Å²) in [7, 11) is 0. The van der Waals surface area contributed by atoms with E-state index in [1.54, 1.807) is 0 Å². The molecule has 0 unspecified atom stereocenters. The highest BCUT2D eigenvalue weighted by Gasteiger charge is 2.17. The fraction of sp³-hybridized carbons (Fsp3) is 0.118. The van der Waals surface area contributed by atoms with Crippen LogP contribution in [-0.2, 0) is 6.42 Å². The minimum atomic E-state index is -0.502. The van der Waals surface area contributed by atoms with E-state index in [2.05, 4.69) is 20.5 Å². The van der Waals surface area contributed by atoms with Gasteiger partial charge in [-0.05, 0) is 18.2 Å². The van der Waals surface area contributed by atoms with Crippen LogP contribution in [0.2, 0.25) is 0 Å². The molecular formula is C17H14N6O3. The monoisotopic (exact) mass is 350 g/mol. The van der Waals surface area contributed by atoms with Crippen LogP contribution in [0.1, 0.15) is 16.2 Å². The van der Waals surface area contributed by atoms with Crippen LogP contribution in [-0.4, -0.2) is 37.0 Å². The van der Waals surface area contributed by atoms with Gasteiger partial charge in [-0.25, -0.2) is 4.98 Å². The van der Waals surface area contributed by atoms with Crippen LogP contribution in [0.4, 0.5) is 5.69 Å². The van der Waals surface area contributed by atoms with Crippen molar-refractivity contribution in [3.05, 3.63) is 70.3 Å². The van der Waals surface area contributed by atoms with Crippen LogP contribution in [0.5, 0.6) is 0 Å². The Morgan fingerprint density at radius 1 is 1.31 bits per heavy atom. The molecule has 0 aliphatic carbocycles. The van der Waals surface area contributed by atoms with Gasteiger partial charge in [-0.3, -0.25) is 20.0 Å². The Bertz CT molecular complexity index is 1100. The number of pyridine rings is 1. The lowest BCUT2D eigenvalue weighted by Gasteiger charge is -2.02. The molecule has 26 heavy (non-hydrogen) atoms. The summed E-state index contributed by atoms with van der Waals surface area (Å²) in [6, 6.07) is 9.98. The van der Waals surface area contributed by atoms with E-state index >= 15 is 0 Å². The number of fused-ring (bicyclic) bond motifs is 2. The first kappa shape index (κ1) is 15.8. The number of aromatic amines is 1. The Morgan fingerprint density at radius 3 is 3.00 bits per heavy atom. The molecule has 0 spiro atoms. The van der Waals surface area contributed by atoms with Crippen LogP contribution in [0.3, 0.4) is 0 Å². The summed E-state index contributed by atoms with van der Waals surface area (Å²) in [5.74, 6) is -0.388. The van der Waals surface area contributed by atoms with E-state index in [0.717, 1.165) is 11.3 Å². The van der Waals surface area contributed by atoms with Crippen molar-refractivity contribution in [3.63, 3.8) is 0 Å². The Labute approximate surface area is 146 Å². The minimum absolute atomic E-state index is 0.0855. The summed E-state index contributed by atoms with van der Waals surface area (Å²) in [4.78, 5) is 27.3. The number of benzene rings is 1. The second-order valence-corrected chi connectivity index (χ2v) is 5.76. The van der Waals surface area contributed by atoms with Gasteiger partial charge in [-0.1, -0.05) is 6.07 Å². The van der Waals surface area contributed by atoms with Gasteiger partial charge in [0.05, 0.1) is 16.1 Å². The van der Waals surface area contributed by atoms with Crippen LogP contribution in [0, 0.1) is 10.1 Å². The molecule has 0 aliphatic heterocycles. The summed E-state index contributed by atoms with van der Waals surface area (Å²) in [6.45, 7) is 0.381. The largest absolute Gasteiger partial charge is 0.350 e. The zero-order valence-electron chi connectivity index (χ0n) is 13.5. The Hall–Kier alpha value is -3.75. The second kappa shape index (κ2) is 6.28. The van der Waals surface area contributed by atoms with Crippen molar-refractivity contribution in [3.8, 4) is 0 Å². The average Bonchev–Trinajstić information content (AvgIpc) is 3.24. The highest BCUT2D eigenvalue weighted by molar-refractivity contribution is 6.05. The Kier molecular flexibility index (Phi) is 3.81. The van der Waals surface area contributed by atoms with Gasteiger partial charge in [-0.15, -0.1) is 0 Å². The van der Waals surface area contributed by atoms with Crippen molar-refractivity contribution < 1.29 is 9.72 Å². The van der Waals surface area contributed by atoms with Crippen LogP contribution in [0.15, 0.2) is 48.8 Å². The Morgan fingerprint density at radius 2 is 2.19 bits per heavy atom. The number of nitro benzene ring substituents is 1. The molecule has 4 rings (SSSR count). The van der Waals surface area contributed by atoms with E-state index in [9.17, 15) is 14.9 Å². The van der Waals surface area contributed by atoms with Crippen molar-refractivity contribution in [1.82, 2.24) is 24.9 Å². The third kappa shape index (κ3) is 2.86. The molecule has 9 nitrogen and oxygen atoms in total. The number of H-pyrrole nitrogens is 1. The molecule has 0 saturated heterocycles. The van der Waals surface area contributed by atoms with E-state index in [4.69, 9.17) is 0 Å². The summed E-state index contributed by atoms with van der Waals surface area (Å²) >= 11 is 0. The molecular weight excluding hydrogens is 336 g/mol. The van der Waals surface area contributed by atoms with Gasteiger partial charge in [0.2, 0.25) is 0 Å². The number of hydrogen-bond acceptors (Lipinski definition) is 5. The molecule has 0 saturated carbocycles. The molecule has 9 heteroatoms. The van der Waals surface area contributed by atoms with Gasteiger partial charge in [0, 0.05) is 42.9 Å². The first-order chi connectivity index (χ1) is 12.6. The topological polar surface area (TPSA) is 118 Å². The highest BCUT2D eigenvalue weighted by atomic mass is 16.6. The summed E-state index contributed by atoms with van der Waals surface area (Å²) in [5, 5.41) is 20.8. The Balaban J connectivity index is 1.47. The van der Waals surface area contributed by atoms with Gasteiger partial charge in [0.15, 0.2) is 5.69 Å². The van der Waals surface area contributed by atoms with Gasteiger partial charge < -0.3 is 9.72 Å². The molecule has 2 N–H and O–H groups in total. The van der Waals surface area contributed by atoms with Crippen LogP contribution < -0.4 is 5.32 Å². The number of carbonyl (C=O) groups excluding carboxylic acids is 1. The maximum Gasteiger partial charge on any atom is 0.272 e. The molecule has 0 atom stereocenters.